The van der Waals surface area contributed by atoms with Crippen molar-refractivity contribution >= 4 is 0 Å². The molecule has 664 valence electrons. The van der Waals surface area contributed by atoms with Crippen LogP contribution in [0.3, 0.4) is 0 Å². The molecule has 60 aliphatic rings. The van der Waals surface area contributed by atoms with Crippen LogP contribution in [0.1, 0.15) is 280 Å². The first-order chi connectivity index (χ1) is 60.7. The molecule has 0 aromatic carbocycles. The van der Waals surface area contributed by atoms with Crippen LogP contribution in [0, 0.1) is 497 Å². The van der Waals surface area contributed by atoms with Crippen molar-refractivity contribution in [1.29, 1.82) is 0 Å². The first-order valence-corrected chi connectivity index (χ1v) is 60.7. The van der Waals surface area contributed by atoms with Gasteiger partial charge in [-0.15, -0.1) is 0 Å². The van der Waals surface area contributed by atoms with Crippen LogP contribution < -0.4 is 0 Å². The van der Waals surface area contributed by atoms with E-state index in [0.717, 1.165) is 185 Å². The van der Waals surface area contributed by atoms with Gasteiger partial charge in [0.2, 0.25) is 0 Å². The van der Waals surface area contributed by atoms with Crippen LogP contribution >= 0.6 is 0 Å². The molecule has 0 aliphatic heterocycles. The van der Waals surface area contributed by atoms with Crippen molar-refractivity contribution < 1.29 is 0 Å². The van der Waals surface area contributed by atoms with Gasteiger partial charge in [0, 0.05) is 0 Å². The summed E-state index contributed by atoms with van der Waals surface area (Å²) in [7, 11) is 0. The highest BCUT2D eigenvalue weighted by Crippen LogP contribution is 3.67. The zero-order valence-corrected chi connectivity index (χ0v) is 85.4. The number of fused-ring (bicyclic) bond motifs is 18. The van der Waals surface area contributed by atoms with Crippen LogP contribution in [0.2, 0.25) is 0 Å². The Morgan fingerprint density at radius 1 is 0.154 bits per heavy atom. The summed E-state index contributed by atoms with van der Waals surface area (Å²) >= 11 is 0. The van der Waals surface area contributed by atoms with Crippen molar-refractivity contribution in [3.63, 3.8) is 0 Å². The summed E-state index contributed by atoms with van der Waals surface area (Å²) in [5, 5.41) is 0. The van der Waals surface area contributed by atoms with Crippen LogP contribution in [0.4, 0.5) is 0 Å². The minimum atomic E-state index is 0.281. The fraction of sp³-hybridized carbons (Fsp3) is 1.00. The molecule has 0 N–H and O–H groups in total. The standard InChI is InChI=1S/C130H144/c1-42-43(2)47-34-49-60-48-35-54-62-52-36-50-61-51-37-53-63-65-58-45(4)55-64-67-69-70-68-66-59-46(5)57-56(44(42)3)106-95(33)81(19)71(6,7)98(47,49)105(60)78(16)38-74(12,80(48,105)18)83(21)88(26)89(27)84(22)76(14)40-79(17)119(84,123(89,106)121(88,95)117(78,81)83)103(57,106)73(10,11)104(59)112(66)114(68)116(70)115(69)113(67)107(64)96(55)41-97-77(15)39-75(13,86(24)101(54)109(62)99(50,52)108(61)100(51,53)110(63)111(65)102(58,72(96,8)9)118(77,86)130(101,111)129(108,109)110)82(97,20)87(25)91(29)93(31)94(32)92(30)90(28)85(76,23)120(79,104)124(90,112)126(92,114)128(94,116)127(93,115)125(91,113)122(87,97)107/h42-70H,34-41H2,1-33H3. The summed E-state index contributed by atoms with van der Waals surface area (Å²) in [6, 6.07) is 0. The maximum Gasteiger partial charge on any atom is -0.000838 e. The molecule has 0 aromatic rings. The average molecular weight is 1710 g/mol. The van der Waals surface area contributed by atoms with Crippen molar-refractivity contribution in [3.05, 3.63) is 97.5 Å². The summed E-state index contributed by atoms with van der Waals surface area (Å²) < 4.78 is 0. The molecule has 86 atom stereocenters. The van der Waals surface area contributed by atoms with E-state index in [-0.39, 0.29) is 16.2 Å². The van der Waals surface area contributed by atoms with Crippen molar-refractivity contribution in [2.45, 2.75) is 280 Å². The van der Waals surface area contributed by atoms with Gasteiger partial charge < -0.3 is 0 Å². The molecule has 35 spiro atoms. The Morgan fingerprint density at radius 3 is 1.15 bits per heavy atom. The Labute approximate surface area is 770 Å². The van der Waals surface area contributed by atoms with E-state index in [1.165, 1.54) is 29.6 Å². The largest absolute Gasteiger partial charge is 0.0620 e. The summed E-state index contributed by atoms with van der Waals surface area (Å²) in [5.41, 5.74) is 30.5. The molecule has 0 aromatic heterocycles. The third-order valence-electron chi connectivity index (χ3n) is 98.4. The van der Waals surface area contributed by atoms with E-state index in [9.17, 15) is 0 Å². The molecule has 18 bridgehead atoms. The van der Waals surface area contributed by atoms with Gasteiger partial charge in [0.25, 0.3) is 0 Å². The molecule has 0 heterocycles. The van der Waals surface area contributed by atoms with E-state index in [1.807, 2.05) is 6.42 Å². The van der Waals surface area contributed by atoms with Gasteiger partial charge in [-0.25, -0.2) is 0 Å². The smallest absolute Gasteiger partial charge is 0.000838 e. The lowest BCUT2D eigenvalue weighted by molar-refractivity contribution is -1.08. The van der Waals surface area contributed by atoms with Crippen molar-refractivity contribution in [1.82, 2.24) is 0 Å². The Morgan fingerprint density at radius 2 is 0.538 bits per heavy atom. The molecule has 60 fully saturated rings. The fourth-order valence-corrected chi connectivity index (χ4v) is 116. The molecule has 0 nitrogen and oxygen atoms in total. The van der Waals surface area contributed by atoms with Gasteiger partial charge in [0.05, 0.1) is 0 Å². The zero-order chi connectivity index (χ0) is 85.4. The molecule has 0 heteroatoms. The maximum atomic E-state index is 3.73. The third kappa shape index (κ3) is 1.72. The van der Waals surface area contributed by atoms with Gasteiger partial charge in [-0.2, -0.15) is 0 Å². The summed E-state index contributed by atoms with van der Waals surface area (Å²) in [4.78, 5) is 0. The van der Waals surface area contributed by atoms with Crippen molar-refractivity contribution in [3.8, 4) is 0 Å². The second-order valence-corrected chi connectivity index (χ2v) is 78.1. The minimum Gasteiger partial charge on any atom is -0.0620 e. The Hall–Kier alpha value is 0. The maximum absolute atomic E-state index is 3.73. The Balaban J connectivity index is 0.601. The monoisotopic (exact) mass is 1710 g/mol. The predicted octanol–water partition coefficient (Wildman–Crippen LogP) is 25.1. The Kier molecular flexibility index (Phi) is 4.81. The first-order valence-electron chi connectivity index (χ1n) is 60.7. The number of hydrogen-bond acceptors (Lipinski definition) is 0. The normalized spacial score (nSPS) is 113. The second-order valence-electron chi connectivity index (χ2n) is 78.1. The Bertz CT molecular complexity index is 8020. The molecule has 0 amide bonds. The minimum absolute atomic E-state index is 0.281. The van der Waals surface area contributed by atoms with Gasteiger partial charge in [0.15, 0.2) is 0 Å². The van der Waals surface area contributed by atoms with Crippen LogP contribution in [-0.2, 0) is 0 Å². The van der Waals surface area contributed by atoms with E-state index in [0.29, 0.717) is 265 Å². The molecule has 60 saturated carbocycles. The SMILES string of the molecule is CC1C(C)C2CC3C4C5CC6C7C8CC9C%10C%11CC%12C%13C%14C%15C(C)C%16C%17C%18C%19C%20C%21C%22C%23C(C)C%24C(C1C)C1%25C%26(C)C%27(C)C(C)(C)C23C42C3(C)CC(C)(C52C)C2(C)C4(C)C5(C)C%28(C)C%29(C)CC%30(C)C%28(C%241C(C)(C)C%231C%22%23C%21%22C%20%21C%19%20C%18%19C%17%18C%16%17CC%16%24C%28(C)CC(C)(C%16(C)C%16(C)C%31(C)C%32(C)C%33(C)C%34(C)C%35(C)C%29(C)C%301C%35%23C%34%22C%33%21C%32%20C%31%19C%16%24%18)C1(C)C6%16C76C98C%107C%11%12C%138C%149C%15(C%17(C)C)C%281C%169C768)C5%25C4%26C3%272. The van der Waals surface area contributed by atoms with E-state index in [4.69, 9.17) is 0 Å². The molecule has 86 unspecified atom stereocenters. The van der Waals surface area contributed by atoms with Gasteiger partial charge in [-0.05, 0) is 548 Å². The molecular formula is C130H144. The summed E-state index contributed by atoms with van der Waals surface area (Å²) in [5.74, 6) is 30.5. The van der Waals surface area contributed by atoms with Crippen LogP contribution in [0.15, 0.2) is 0 Å². The van der Waals surface area contributed by atoms with E-state index in [2.05, 4.69) is 228 Å². The molecular weight excluding hydrogens is 1560 g/mol. The fourth-order valence-electron chi connectivity index (χ4n) is 116. The quantitative estimate of drug-likeness (QED) is 0.227. The lowest BCUT2D eigenvalue weighted by Gasteiger charge is -3.57. The van der Waals surface area contributed by atoms with Gasteiger partial charge in [0.1, 0.15) is 0 Å². The highest BCUT2D eigenvalue weighted by Gasteiger charge is 3.63. The molecule has 130 heavy (non-hydrogen) atoms. The molecule has 60 rings (SSSR count). The number of rotatable bonds is 0. The van der Waals surface area contributed by atoms with E-state index in [1.54, 1.807) is 44.9 Å². The van der Waals surface area contributed by atoms with E-state index < -0.39 is 0 Å². The van der Waals surface area contributed by atoms with Crippen molar-refractivity contribution in [2.24, 2.45) is 399 Å². The van der Waals surface area contributed by atoms with Gasteiger partial charge in [-0.1, -0.05) is 228 Å². The summed E-state index contributed by atoms with van der Waals surface area (Å²) in [6.45, 7) is 117. The van der Waals surface area contributed by atoms with Crippen molar-refractivity contribution in [2.75, 3.05) is 0 Å². The van der Waals surface area contributed by atoms with E-state index >= 15 is 0 Å². The highest BCUT2D eigenvalue weighted by molar-refractivity contribution is 6.63. The van der Waals surface area contributed by atoms with Gasteiger partial charge in [-0.3, -0.25) is 0 Å². The van der Waals surface area contributed by atoms with Crippen LogP contribution in [-0.4, -0.2) is 0 Å². The van der Waals surface area contributed by atoms with Crippen LogP contribution in [0.25, 0.3) is 0 Å². The predicted molar refractivity (Wildman–Crippen MR) is 486 cm³/mol. The lowest BCUT2D eigenvalue weighted by atomic mass is 8.45. The van der Waals surface area contributed by atoms with Crippen LogP contribution in [0.5, 0.6) is 0 Å². The molecule has 0 saturated heterocycles. The topological polar surface area (TPSA) is 0 Å². The lowest BCUT2D eigenvalue weighted by Crippen LogP contribution is -3.55. The molecule has 0 radical (unpaired) electrons. The summed E-state index contributed by atoms with van der Waals surface area (Å²) in [6.07, 6.45) is 14.0. The van der Waals surface area contributed by atoms with Gasteiger partial charge >= 0.3 is 0 Å². The number of hydrogen-bond donors (Lipinski definition) is 0. The first kappa shape index (κ1) is 61.2. The highest BCUT2D eigenvalue weighted by atomic mass is 15.7. The zero-order valence-electron chi connectivity index (χ0n) is 85.4. The third-order valence-corrected chi connectivity index (χ3v) is 98.4. The average Bonchev–Trinajstić information content (AvgIpc) is 0.723. The second kappa shape index (κ2) is 10.2. The molecule has 60 aliphatic carbocycles.